The maximum atomic E-state index is 5.28. The molecule has 118 valence electrons. The fourth-order valence-electron chi connectivity index (χ4n) is 2.99. The Kier molecular flexibility index (Phi) is 6.68. The Bertz CT molecular complexity index is 411. The van der Waals surface area contributed by atoms with Gasteiger partial charge in [0.15, 0.2) is 0 Å². The van der Waals surface area contributed by atoms with Crippen LogP contribution >= 0.6 is 0 Å². The third-order valence-electron chi connectivity index (χ3n) is 4.32. The lowest BCUT2D eigenvalue weighted by atomic mass is 9.97. The molecule has 21 heavy (non-hydrogen) atoms. The largest absolute Gasteiger partial charge is 0.384 e. The van der Waals surface area contributed by atoms with E-state index in [-0.39, 0.29) is 0 Å². The minimum atomic E-state index is 0.530. The summed E-state index contributed by atoms with van der Waals surface area (Å²) in [4.78, 5) is 2.58. The van der Waals surface area contributed by atoms with Crippen molar-refractivity contribution < 1.29 is 4.74 Å². The lowest BCUT2D eigenvalue weighted by molar-refractivity contribution is 0.0967. The van der Waals surface area contributed by atoms with Gasteiger partial charge in [0.05, 0.1) is 0 Å². The fraction of sp³-hybridized carbons (Fsp3) is 0.667. The van der Waals surface area contributed by atoms with E-state index in [2.05, 4.69) is 48.3 Å². The van der Waals surface area contributed by atoms with Gasteiger partial charge in [-0.1, -0.05) is 38.1 Å². The molecule has 0 spiro atoms. The Hall–Kier alpha value is -0.900. The Morgan fingerprint density at radius 3 is 2.48 bits per heavy atom. The Balaban J connectivity index is 1.88. The van der Waals surface area contributed by atoms with Crippen molar-refractivity contribution in [2.75, 3.05) is 26.8 Å². The summed E-state index contributed by atoms with van der Waals surface area (Å²) in [6.07, 6.45) is 2.53. The number of piperidine rings is 1. The lowest BCUT2D eigenvalue weighted by Crippen LogP contribution is -2.35. The molecule has 0 bridgehead atoms. The standard InChI is InChI=1S/C18H30N2O/c1-15(2)19-12-17-6-4-5-7-18(17)13-20-10-8-16(9-11-20)14-21-3/h4-7,15-16,19H,8-14H2,1-3H3. The predicted molar refractivity (Wildman–Crippen MR) is 88.3 cm³/mol. The highest BCUT2D eigenvalue weighted by Crippen LogP contribution is 2.20. The second-order valence-electron chi connectivity index (χ2n) is 6.48. The minimum Gasteiger partial charge on any atom is -0.384 e. The molecule has 1 aliphatic rings. The van der Waals surface area contributed by atoms with E-state index < -0.39 is 0 Å². The summed E-state index contributed by atoms with van der Waals surface area (Å²) in [5.41, 5.74) is 2.90. The highest BCUT2D eigenvalue weighted by atomic mass is 16.5. The molecule has 1 aromatic carbocycles. The highest BCUT2D eigenvalue weighted by molar-refractivity contribution is 5.27. The van der Waals surface area contributed by atoms with Crippen molar-refractivity contribution in [3.05, 3.63) is 35.4 Å². The molecule has 0 aliphatic carbocycles. The number of nitrogens with zero attached hydrogens (tertiary/aromatic N) is 1. The third kappa shape index (κ3) is 5.42. The van der Waals surface area contributed by atoms with Crippen molar-refractivity contribution in [2.45, 2.75) is 45.8 Å². The molecule has 1 N–H and O–H groups in total. The van der Waals surface area contributed by atoms with Crippen molar-refractivity contribution in [3.8, 4) is 0 Å². The first-order valence-electron chi connectivity index (χ1n) is 8.20. The fourth-order valence-corrected chi connectivity index (χ4v) is 2.99. The Morgan fingerprint density at radius 2 is 1.86 bits per heavy atom. The van der Waals surface area contributed by atoms with Crippen molar-refractivity contribution in [1.29, 1.82) is 0 Å². The first-order valence-corrected chi connectivity index (χ1v) is 8.20. The summed E-state index contributed by atoms with van der Waals surface area (Å²) in [6.45, 7) is 9.75. The van der Waals surface area contributed by atoms with Crippen molar-refractivity contribution in [1.82, 2.24) is 10.2 Å². The topological polar surface area (TPSA) is 24.5 Å². The maximum Gasteiger partial charge on any atom is 0.0491 e. The second kappa shape index (κ2) is 8.52. The number of hydrogen-bond donors (Lipinski definition) is 1. The van der Waals surface area contributed by atoms with Gasteiger partial charge in [0.2, 0.25) is 0 Å². The quantitative estimate of drug-likeness (QED) is 0.835. The molecule has 2 rings (SSSR count). The van der Waals surface area contributed by atoms with Gasteiger partial charge in [-0.2, -0.15) is 0 Å². The molecule has 0 amide bonds. The summed E-state index contributed by atoms with van der Waals surface area (Å²) >= 11 is 0. The van der Waals surface area contributed by atoms with Crippen molar-refractivity contribution >= 4 is 0 Å². The van der Waals surface area contributed by atoms with Gasteiger partial charge in [-0.15, -0.1) is 0 Å². The van der Waals surface area contributed by atoms with Crippen LogP contribution in [0.3, 0.4) is 0 Å². The highest BCUT2D eigenvalue weighted by Gasteiger charge is 2.19. The average Bonchev–Trinajstić information content (AvgIpc) is 2.48. The van der Waals surface area contributed by atoms with E-state index >= 15 is 0 Å². The van der Waals surface area contributed by atoms with E-state index in [1.54, 1.807) is 0 Å². The minimum absolute atomic E-state index is 0.530. The van der Waals surface area contributed by atoms with Gasteiger partial charge in [0, 0.05) is 32.8 Å². The molecule has 1 fully saturated rings. The third-order valence-corrected chi connectivity index (χ3v) is 4.32. The Labute approximate surface area is 129 Å². The van der Waals surface area contributed by atoms with Gasteiger partial charge in [0.1, 0.15) is 0 Å². The van der Waals surface area contributed by atoms with E-state index in [4.69, 9.17) is 4.74 Å². The van der Waals surface area contributed by atoms with Crippen LogP contribution in [-0.4, -0.2) is 37.7 Å². The normalized spacial score (nSPS) is 17.5. The zero-order valence-corrected chi connectivity index (χ0v) is 13.8. The molecule has 1 aliphatic heterocycles. The number of benzene rings is 1. The zero-order chi connectivity index (χ0) is 15.1. The van der Waals surface area contributed by atoms with Crippen LogP contribution in [0.2, 0.25) is 0 Å². The molecule has 3 heteroatoms. The molecule has 1 aromatic rings. The van der Waals surface area contributed by atoms with Gasteiger partial charge < -0.3 is 10.1 Å². The number of hydrogen-bond acceptors (Lipinski definition) is 3. The summed E-state index contributed by atoms with van der Waals surface area (Å²) < 4.78 is 5.28. The van der Waals surface area contributed by atoms with Crippen LogP contribution in [0.1, 0.15) is 37.8 Å². The van der Waals surface area contributed by atoms with E-state index in [9.17, 15) is 0 Å². The van der Waals surface area contributed by atoms with Gasteiger partial charge >= 0.3 is 0 Å². The van der Waals surface area contributed by atoms with Gasteiger partial charge in [-0.25, -0.2) is 0 Å². The lowest BCUT2D eigenvalue weighted by Gasteiger charge is -2.32. The number of rotatable bonds is 7. The molecule has 0 aromatic heterocycles. The smallest absolute Gasteiger partial charge is 0.0491 e. The SMILES string of the molecule is COCC1CCN(Cc2ccccc2CNC(C)C)CC1. The molecule has 0 unspecified atom stereocenters. The number of methoxy groups -OCH3 is 1. The summed E-state index contributed by atoms with van der Waals surface area (Å²) in [7, 11) is 1.81. The van der Waals surface area contributed by atoms with Crippen LogP contribution in [0, 0.1) is 5.92 Å². The van der Waals surface area contributed by atoms with Crippen molar-refractivity contribution in [2.24, 2.45) is 5.92 Å². The van der Waals surface area contributed by atoms with E-state index in [0.717, 1.165) is 25.6 Å². The number of likely N-dealkylation sites (tertiary alicyclic amines) is 1. The van der Waals surface area contributed by atoms with E-state index in [1.807, 2.05) is 7.11 Å². The molecular weight excluding hydrogens is 260 g/mol. The first-order chi connectivity index (χ1) is 10.2. The van der Waals surface area contributed by atoms with Crippen LogP contribution in [-0.2, 0) is 17.8 Å². The zero-order valence-electron chi connectivity index (χ0n) is 13.8. The average molecular weight is 290 g/mol. The number of nitrogens with one attached hydrogen (secondary N) is 1. The van der Waals surface area contributed by atoms with Gasteiger partial charge in [0.25, 0.3) is 0 Å². The molecule has 1 heterocycles. The van der Waals surface area contributed by atoms with E-state index in [0.29, 0.717) is 6.04 Å². The van der Waals surface area contributed by atoms with Crippen LogP contribution in [0.25, 0.3) is 0 Å². The summed E-state index contributed by atoms with van der Waals surface area (Å²) in [6, 6.07) is 9.36. The van der Waals surface area contributed by atoms with Crippen LogP contribution in [0.5, 0.6) is 0 Å². The summed E-state index contributed by atoms with van der Waals surface area (Å²) in [5.74, 6) is 0.754. The molecular formula is C18H30N2O. The van der Waals surface area contributed by atoms with Crippen molar-refractivity contribution in [3.63, 3.8) is 0 Å². The van der Waals surface area contributed by atoms with Crippen LogP contribution < -0.4 is 5.32 Å². The predicted octanol–water partition coefficient (Wildman–Crippen LogP) is 3.04. The van der Waals surface area contributed by atoms with Crippen LogP contribution in [0.4, 0.5) is 0 Å². The second-order valence-corrected chi connectivity index (χ2v) is 6.48. The molecule has 3 nitrogen and oxygen atoms in total. The molecule has 0 atom stereocenters. The maximum absolute atomic E-state index is 5.28. The molecule has 0 saturated carbocycles. The monoisotopic (exact) mass is 290 g/mol. The molecule has 1 saturated heterocycles. The number of ether oxygens (including phenoxy) is 1. The van der Waals surface area contributed by atoms with Crippen LogP contribution in [0.15, 0.2) is 24.3 Å². The Morgan fingerprint density at radius 1 is 1.19 bits per heavy atom. The van der Waals surface area contributed by atoms with Gasteiger partial charge in [-0.05, 0) is 43.0 Å². The van der Waals surface area contributed by atoms with E-state index in [1.165, 1.54) is 37.1 Å². The molecule has 0 radical (unpaired) electrons. The summed E-state index contributed by atoms with van der Waals surface area (Å²) in [5, 5.41) is 3.53. The van der Waals surface area contributed by atoms with Gasteiger partial charge in [-0.3, -0.25) is 4.90 Å². The first kappa shape index (κ1) is 16.5.